The van der Waals surface area contributed by atoms with Crippen LogP contribution in [0.1, 0.15) is 15.9 Å². The third kappa shape index (κ3) is 4.16. The van der Waals surface area contributed by atoms with E-state index in [9.17, 15) is 13.2 Å². The highest BCUT2D eigenvalue weighted by Gasteiger charge is 2.17. The van der Waals surface area contributed by atoms with E-state index in [0.29, 0.717) is 11.1 Å². The number of carbonyl (C=O) groups excluding carboxylic acids is 1. The number of hydrogen-bond donors (Lipinski definition) is 1. The van der Waals surface area contributed by atoms with E-state index in [1.54, 1.807) is 48.5 Å². The molecule has 6 heteroatoms. The molecule has 0 saturated heterocycles. The Balaban J connectivity index is 2.30. The monoisotopic (exact) mass is 319 g/mol. The van der Waals surface area contributed by atoms with Crippen LogP contribution in [0.4, 0.5) is 5.69 Å². The zero-order valence-electron chi connectivity index (χ0n) is 12.2. The van der Waals surface area contributed by atoms with Gasteiger partial charge in [-0.15, -0.1) is 0 Å². The summed E-state index contributed by atoms with van der Waals surface area (Å²) in [6.45, 7) is 0.0874. The Morgan fingerprint density at radius 1 is 1.05 bits per heavy atom. The molecule has 0 amide bonds. The van der Waals surface area contributed by atoms with Crippen LogP contribution in [0.25, 0.3) is 0 Å². The molecule has 0 aromatic heterocycles. The van der Waals surface area contributed by atoms with Gasteiger partial charge in [0.2, 0.25) is 10.0 Å². The van der Waals surface area contributed by atoms with Gasteiger partial charge >= 0.3 is 0 Å². The summed E-state index contributed by atoms with van der Waals surface area (Å²) in [5.41, 5.74) is 1.09. The van der Waals surface area contributed by atoms with E-state index in [1.807, 2.05) is 6.07 Å². The van der Waals surface area contributed by atoms with Gasteiger partial charge in [0.05, 0.1) is 18.0 Å². The molecular formula is C16H17NO4S. The van der Waals surface area contributed by atoms with Crippen molar-refractivity contribution in [1.82, 2.24) is 0 Å². The number of hydrogen-bond acceptors (Lipinski definition) is 4. The van der Waals surface area contributed by atoms with Crippen molar-refractivity contribution in [2.24, 2.45) is 0 Å². The van der Waals surface area contributed by atoms with Gasteiger partial charge in [0.1, 0.15) is 0 Å². The Morgan fingerprint density at radius 2 is 1.68 bits per heavy atom. The average Bonchev–Trinajstić information content (AvgIpc) is 2.53. The predicted octanol–water partition coefficient (Wildman–Crippen LogP) is 2.31. The van der Waals surface area contributed by atoms with E-state index in [0.717, 1.165) is 0 Å². The summed E-state index contributed by atoms with van der Waals surface area (Å²) >= 11 is 0. The molecule has 0 aliphatic carbocycles. The normalized spacial score (nSPS) is 11.1. The zero-order valence-corrected chi connectivity index (χ0v) is 13.0. The van der Waals surface area contributed by atoms with Gasteiger partial charge in [-0.2, -0.15) is 0 Å². The summed E-state index contributed by atoms with van der Waals surface area (Å²) in [5, 5.41) is 0. The van der Waals surface area contributed by atoms with Crippen molar-refractivity contribution in [3.63, 3.8) is 0 Å². The number of nitrogens with one attached hydrogen (secondary N) is 1. The first kappa shape index (κ1) is 16.2. The lowest BCUT2D eigenvalue weighted by molar-refractivity contribution is 0.103. The van der Waals surface area contributed by atoms with E-state index < -0.39 is 10.0 Å². The Kier molecular flexibility index (Phi) is 5.30. The number of rotatable bonds is 7. The molecule has 5 nitrogen and oxygen atoms in total. The maximum atomic E-state index is 12.5. The average molecular weight is 319 g/mol. The fourth-order valence-electron chi connectivity index (χ4n) is 1.93. The molecule has 0 unspecified atom stereocenters. The third-order valence-corrected chi connectivity index (χ3v) is 4.26. The quantitative estimate of drug-likeness (QED) is 0.795. The SMILES string of the molecule is COCCS(=O)(=O)Nc1ccccc1C(=O)c1ccccc1. The van der Waals surface area contributed by atoms with E-state index in [4.69, 9.17) is 4.74 Å². The molecule has 1 N–H and O–H groups in total. The van der Waals surface area contributed by atoms with Crippen molar-refractivity contribution >= 4 is 21.5 Å². The first-order valence-corrected chi connectivity index (χ1v) is 8.37. The second-order valence-corrected chi connectivity index (χ2v) is 6.50. The van der Waals surface area contributed by atoms with Gasteiger partial charge in [0.15, 0.2) is 5.78 Å². The minimum Gasteiger partial charge on any atom is -0.384 e. The predicted molar refractivity (Wildman–Crippen MR) is 85.6 cm³/mol. The summed E-state index contributed by atoms with van der Waals surface area (Å²) < 4.78 is 31.2. The van der Waals surface area contributed by atoms with Crippen molar-refractivity contribution in [3.05, 3.63) is 65.7 Å². The summed E-state index contributed by atoms with van der Waals surface area (Å²) in [5.74, 6) is -0.400. The first-order valence-electron chi connectivity index (χ1n) is 6.72. The topological polar surface area (TPSA) is 72.5 Å². The van der Waals surface area contributed by atoms with Gasteiger partial charge in [-0.25, -0.2) is 8.42 Å². The van der Waals surface area contributed by atoms with Crippen LogP contribution in [0, 0.1) is 0 Å². The maximum Gasteiger partial charge on any atom is 0.235 e. The number of anilines is 1. The van der Waals surface area contributed by atoms with Crippen molar-refractivity contribution in [2.75, 3.05) is 24.2 Å². The molecule has 0 aliphatic heterocycles. The van der Waals surface area contributed by atoms with Crippen LogP contribution in [0.2, 0.25) is 0 Å². The van der Waals surface area contributed by atoms with Crippen LogP contribution in [-0.4, -0.2) is 33.7 Å². The van der Waals surface area contributed by atoms with Crippen molar-refractivity contribution in [1.29, 1.82) is 0 Å². The highest BCUT2D eigenvalue weighted by molar-refractivity contribution is 7.92. The second kappa shape index (κ2) is 7.20. The van der Waals surface area contributed by atoms with Gasteiger partial charge in [-0.1, -0.05) is 42.5 Å². The second-order valence-electron chi connectivity index (χ2n) is 4.65. The molecule has 0 aliphatic rings. The summed E-state index contributed by atoms with van der Waals surface area (Å²) in [7, 11) is -2.13. The van der Waals surface area contributed by atoms with Gasteiger partial charge in [-0.3, -0.25) is 9.52 Å². The van der Waals surface area contributed by atoms with Crippen LogP contribution >= 0.6 is 0 Å². The molecule has 0 spiro atoms. The van der Waals surface area contributed by atoms with Crippen molar-refractivity contribution in [3.8, 4) is 0 Å². The summed E-state index contributed by atoms with van der Waals surface area (Å²) in [4.78, 5) is 12.5. The molecule has 22 heavy (non-hydrogen) atoms. The molecule has 0 saturated carbocycles. The zero-order chi connectivity index (χ0) is 16.0. The number of ketones is 1. The molecule has 0 heterocycles. The number of benzene rings is 2. The van der Waals surface area contributed by atoms with E-state index in [2.05, 4.69) is 4.72 Å². The highest BCUT2D eigenvalue weighted by atomic mass is 32.2. The molecule has 2 aromatic rings. The van der Waals surface area contributed by atoms with Crippen LogP contribution in [0.5, 0.6) is 0 Å². The molecule has 0 bridgehead atoms. The molecule has 0 atom stereocenters. The maximum absolute atomic E-state index is 12.5. The van der Waals surface area contributed by atoms with Crippen LogP contribution < -0.4 is 4.72 Å². The van der Waals surface area contributed by atoms with Gasteiger partial charge in [-0.05, 0) is 12.1 Å². The Labute approximate surface area is 130 Å². The van der Waals surface area contributed by atoms with Crippen LogP contribution in [0.15, 0.2) is 54.6 Å². The number of ether oxygens (including phenoxy) is 1. The fraction of sp³-hybridized carbons (Fsp3) is 0.188. The largest absolute Gasteiger partial charge is 0.384 e. The highest BCUT2D eigenvalue weighted by Crippen LogP contribution is 2.20. The Hall–Kier alpha value is -2.18. The minimum absolute atomic E-state index is 0.0874. The lowest BCUT2D eigenvalue weighted by Crippen LogP contribution is -2.21. The van der Waals surface area contributed by atoms with Gasteiger partial charge < -0.3 is 4.74 Å². The van der Waals surface area contributed by atoms with E-state index >= 15 is 0 Å². The molecule has 116 valence electrons. The molecular weight excluding hydrogens is 302 g/mol. The van der Waals surface area contributed by atoms with Crippen molar-refractivity contribution < 1.29 is 17.9 Å². The van der Waals surface area contributed by atoms with E-state index in [-0.39, 0.29) is 23.8 Å². The van der Waals surface area contributed by atoms with Crippen LogP contribution in [0.3, 0.4) is 0 Å². The standard InChI is InChI=1S/C16H17NO4S/c1-21-11-12-22(19,20)17-15-10-6-5-9-14(15)16(18)13-7-3-2-4-8-13/h2-10,17H,11-12H2,1H3. The smallest absolute Gasteiger partial charge is 0.235 e. The molecule has 0 fully saturated rings. The molecule has 2 aromatic carbocycles. The van der Waals surface area contributed by atoms with Crippen LogP contribution in [-0.2, 0) is 14.8 Å². The van der Waals surface area contributed by atoms with Gasteiger partial charge in [0, 0.05) is 18.2 Å². The summed E-state index contributed by atoms with van der Waals surface area (Å²) in [6, 6.07) is 15.3. The van der Waals surface area contributed by atoms with Crippen molar-refractivity contribution in [2.45, 2.75) is 0 Å². The lowest BCUT2D eigenvalue weighted by Gasteiger charge is -2.11. The molecule has 2 rings (SSSR count). The number of methoxy groups -OCH3 is 1. The fourth-order valence-corrected chi connectivity index (χ4v) is 2.93. The Bertz CT molecular complexity index is 742. The summed E-state index contributed by atoms with van der Waals surface area (Å²) in [6.07, 6.45) is 0. The number of para-hydroxylation sites is 1. The minimum atomic E-state index is -3.56. The van der Waals surface area contributed by atoms with Gasteiger partial charge in [0.25, 0.3) is 0 Å². The van der Waals surface area contributed by atoms with E-state index in [1.165, 1.54) is 7.11 Å². The molecule has 0 radical (unpaired) electrons. The third-order valence-electron chi connectivity index (χ3n) is 3.03. The lowest BCUT2D eigenvalue weighted by atomic mass is 10.0. The number of carbonyl (C=O) groups is 1. The Morgan fingerprint density at radius 3 is 2.36 bits per heavy atom. The first-order chi connectivity index (χ1) is 10.5. The number of sulfonamides is 1.